The van der Waals surface area contributed by atoms with Crippen LogP contribution in [0.4, 0.5) is 11.4 Å². The van der Waals surface area contributed by atoms with Gasteiger partial charge in [-0.05, 0) is 136 Å². The lowest BCUT2D eigenvalue weighted by Gasteiger charge is -2.28. The Morgan fingerprint density at radius 2 is 0.596 bits per heavy atom. The summed E-state index contributed by atoms with van der Waals surface area (Å²) in [4.78, 5) is 113. The number of carbonyl (C=O) groups excluding carboxylic acids is 2. The van der Waals surface area contributed by atoms with Gasteiger partial charge in [-0.25, -0.2) is 19.2 Å². The van der Waals surface area contributed by atoms with E-state index in [4.69, 9.17) is 0 Å². The van der Waals surface area contributed by atoms with Crippen LogP contribution in [0.1, 0.15) is 41.4 Å². The Bertz CT molecular complexity index is 1820. The fourth-order valence-electron chi connectivity index (χ4n) is 4.90. The van der Waals surface area contributed by atoms with Crippen LogP contribution >= 0.6 is 136 Å². The monoisotopic (exact) mass is 1470 g/mol. The molecule has 0 aliphatic heterocycles. The van der Waals surface area contributed by atoms with Gasteiger partial charge in [0.15, 0.2) is 0 Å². The van der Waals surface area contributed by atoms with E-state index in [2.05, 4.69) is 10.6 Å². The largest absolute Gasteiger partial charge is 0.480 e. The number of carboxylic acid groups (broad SMARTS) is 7. The van der Waals surface area contributed by atoms with E-state index in [1.165, 1.54) is 4.90 Å². The molecule has 0 heterocycles. The fraction of sp³-hybridized carbons (Fsp3) is 0.300. The molecule has 2 aromatic carbocycles. The minimum Gasteiger partial charge on any atom is -0.480 e. The summed E-state index contributed by atoms with van der Waals surface area (Å²) in [6.07, 6.45) is 0. The Morgan fingerprint density at radius 1 is 0.368 bits per heavy atom. The van der Waals surface area contributed by atoms with Gasteiger partial charge in [-0.1, -0.05) is 0 Å². The van der Waals surface area contributed by atoms with Gasteiger partial charge in [0.1, 0.15) is 0 Å². The lowest BCUT2D eigenvalue weighted by atomic mass is 10.1. The maximum absolute atomic E-state index is 13.2. The fourth-order valence-corrected chi connectivity index (χ4v) is 13.6. The minimum atomic E-state index is -1.45. The van der Waals surface area contributed by atoms with Crippen LogP contribution in [-0.4, -0.2) is 163 Å². The number of aromatic carboxylic acids is 4. The highest BCUT2D eigenvalue weighted by atomic mass is 127. The Labute approximate surface area is 402 Å². The zero-order valence-corrected chi connectivity index (χ0v) is 41.2. The van der Waals surface area contributed by atoms with Gasteiger partial charge in [0.25, 0.3) is 0 Å². The average molecular weight is 1470 g/mol. The van der Waals surface area contributed by atoms with Crippen LogP contribution in [0.5, 0.6) is 0 Å². The first-order chi connectivity index (χ1) is 26.4. The van der Waals surface area contributed by atoms with Crippen LogP contribution in [0, 0.1) is 21.4 Å². The summed E-state index contributed by atoms with van der Waals surface area (Å²) in [5.41, 5.74) is -1.74. The van der Waals surface area contributed by atoms with Crippen LogP contribution < -0.4 is 10.6 Å². The Morgan fingerprint density at radius 3 is 0.825 bits per heavy atom. The molecule has 0 radical (unpaired) electrons. The summed E-state index contributed by atoms with van der Waals surface area (Å²) in [6.45, 7) is -4.18. The van der Waals surface area contributed by atoms with Crippen molar-refractivity contribution in [3.8, 4) is 0 Å². The lowest BCUT2D eigenvalue weighted by molar-refractivity contribution is -0.140. The number of carboxylic acids is 7. The molecule has 0 aliphatic carbocycles. The Kier molecular flexibility index (Phi) is 20.7. The smallest absolute Gasteiger partial charge is 0.337 e. The molecule has 2 rings (SSSR count). The maximum Gasteiger partial charge on any atom is 0.337 e. The molecule has 21 nitrogen and oxygen atoms in total. The summed E-state index contributed by atoms with van der Waals surface area (Å²) in [5.74, 6) is -11.6. The van der Waals surface area contributed by atoms with Crippen LogP contribution in [0.15, 0.2) is 0 Å². The molecule has 310 valence electrons. The van der Waals surface area contributed by atoms with Crippen molar-refractivity contribution in [3.63, 3.8) is 0 Å². The Balaban J connectivity index is 2.29. The van der Waals surface area contributed by atoms with E-state index in [1.807, 2.05) is 0 Å². The van der Waals surface area contributed by atoms with Crippen molar-refractivity contribution >= 4 is 201 Å². The average Bonchev–Trinajstić information content (AvgIpc) is 3.04. The number of halogens is 6. The summed E-state index contributed by atoms with van der Waals surface area (Å²) in [5, 5.41) is 72.3. The first-order valence-electron chi connectivity index (χ1n) is 15.2. The summed E-state index contributed by atoms with van der Waals surface area (Å²) in [6, 6.07) is 0. The molecule has 0 saturated carbocycles. The van der Waals surface area contributed by atoms with Crippen molar-refractivity contribution in [1.82, 2.24) is 14.7 Å². The van der Waals surface area contributed by atoms with Gasteiger partial charge in [0.05, 0.1) is 80.6 Å². The van der Waals surface area contributed by atoms with Crippen molar-refractivity contribution in [1.29, 1.82) is 0 Å². The molecule has 27 heteroatoms. The normalized spacial score (nSPS) is 11.1. The lowest BCUT2D eigenvalue weighted by Crippen LogP contribution is -2.46. The number of benzene rings is 2. The van der Waals surface area contributed by atoms with E-state index < -0.39 is 86.3 Å². The van der Waals surface area contributed by atoms with Crippen molar-refractivity contribution in [2.75, 3.05) is 69.5 Å². The first kappa shape index (κ1) is 51.1. The number of nitrogens with one attached hydrogen (secondary N) is 2. The number of nitrogens with zero attached hydrogens (tertiary/aromatic N) is 3. The molecular formula is C30H27I6N5O16. The molecular weight excluding hydrogens is 1450 g/mol. The zero-order valence-electron chi connectivity index (χ0n) is 28.3. The Hall–Kier alpha value is -2.07. The number of rotatable bonds is 22. The van der Waals surface area contributed by atoms with E-state index in [-0.39, 0.29) is 81.2 Å². The van der Waals surface area contributed by atoms with E-state index in [0.717, 1.165) is 9.80 Å². The summed E-state index contributed by atoms with van der Waals surface area (Å²) in [7, 11) is 0. The van der Waals surface area contributed by atoms with Crippen molar-refractivity contribution in [2.45, 2.75) is 0 Å². The molecule has 2 amide bonds. The number of aliphatic carboxylic acids is 3. The molecule has 0 atom stereocenters. The molecule has 9 N–H and O–H groups in total. The molecule has 0 unspecified atom stereocenters. The highest BCUT2D eigenvalue weighted by molar-refractivity contribution is 14.1. The molecule has 0 aromatic heterocycles. The van der Waals surface area contributed by atoms with Gasteiger partial charge in [-0.3, -0.25) is 38.7 Å². The number of hydrogen-bond donors (Lipinski definition) is 9. The quantitative estimate of drug-likeness (QED) is 0.0766. The van der Waals surface area contributed by atoms with Crippen LogP contribution in [0.25, 0.3) is 0 Å². The number of carbonyl (C=O) groups is 9. The van der Waals surface area contributed by atoms with Gasteiger partial charge in [-0.2, -0.15) is 0 Å². The highest BCUT2D eigenvalue weighted by Crippen LogP contribution is 2.37. The van der Waals surface area contributed by atoms with Gasteiger partial charge >= 0.3 is 41.8 Å². The standard InChI is InChI=1S/C30H27I6N5O16/c31-19-15(27(50)51)21(33)25(22(34)16(19)28(52)53)37-10(42)5-40(8-13(46)47)3-1-39(7-12(44)45)2-4-41(9-14(48)49)6-11(43)38-26-23(35)17(29(54)55)20(32)18(24(26)36)30(56)57/h1-9H2,(H,37,42)(H,38,43)(H,44,45)(H,46,47)(H,48,49)(H,50,51)(H,52,53)(H,54,55)(H,56,57). The second-order valence-corrected chi connectivity index (χ2v) is 17.8. The number of hydrogen-bond acceptors (Lipinski definition) is 12. The van der Waals surface area contributed by atoms with Gasteiger partial charge in [-0.15, -0.1) is 0 Å². The van der Waals surface area contributed by atoms with Gasteiger partial charge < -0.3 is 46.4 Å². The summed E-state index contributed by atoms with van der Waals surface area (Å²) < 4.78 is -0.0893. The molecule has 0 saturated heterocycles. The number of anilines is 2. The first-order valence-corrected chi connectivity index (χ1v) is 21.6. The summed E-state index contributed by atoms with van der Waals surface area (Å²) >= 11 is 9.70. The molecule has 0 aliphatic rings. The van der Waals surface area contributed by atoms with Crippen LogP contribution in [0.3, 0.4) is 0 Å². The van der Waals surface area contributed by atoms with E-state index in [9.17, 15) is 78.9 Å². The van der Waals surface area contributed by atoms with E-state index in [0.29, 0.717) is 0 Å². The van der Waals surface area contributed by atoms with Crippen molar-refractivity contribution < 1.29 is 78.9 Å². The van der Waals surface area contributed by atoms with Crippen molar-refractivity contribution in [3.05, 3.63) is 43.7 Å². The van der Waals surface area contributed by atoms with E-state index in [1.54, 1.807) is 136 Å². The van der Waals surface area contributed by atoms with Crippen molar-refractivity contribution in [2.24, 2.45) is 0 Å². The third-order valence-electron chi connectivity index (χ3n) is 7.29. The predicted octanol–water partition coefficient (Wildman–Crippen LogP) is 2.84. The molecule has 0 fully saturated rings. The molecule has 2 aromatic rings. The SMILES string of the molecule is O=C(O)CN(CCN(CC(=O)O)CC(=O)Nc1c(I)c(C(=O)O)c(I)c(C(=O)O)c1I)CCN(CC(=O)O)CC(=O)Nc1c(I)c(C(=O)O)c(I)c(C(=O)O)c1I. The molecule has 0 bridgehead atoms. The zero-order chi connectivity index (χ0) is 43.6. The topological polar surface area (TPSA) is 329 Å². The maximum atomic E-state index is 13.2. The third kappa shape index (κ3) is 14.6. The number of amides is 2. The second kappa shape index (κ2) is 23.1. The van der Waals surface area contributed by atoms with Gasteiger partial charge in [0, 0.05) is 33.3 Å². The predicted molar refractivity (Wildman–Crippen MR) is 247 cm³/mol. The molecule has 0 spiro atoms. The highest BCUT2D eigenvalue weighted by Gasteiger charge is 2.30. The molecule has 57 heavy (non-hydrogen) atoms. The second-order valence-electron chi connectivity index (χ2n) is 11.3. The van der Waals surface area contributed by atoms with Gasteiger partial charge in [0.2, 0.25) is 11.8 Å². The minimum absolute atomic E-state index is 0.0160. The van der Waals surface area contributed by atoms with Crippen LogP contribution in [-0.2, 0) is 24.0 Å². The third-order valence-corrected chi connectivity index (χ3v) is 13.8. The van der Waals surface area contributed by atoms with Crippen LogP contribution in [0.2, 0.25) is 0 Å². The van der Waals surface area contributed by atoms with E-state index >= 15 is 0 Å².